The van der Waals surface area contributed by atoms with E-state index in [1.165, 1.54) is 36.5 Å². The first-order chi connectivity index (χ1) is 15.3. The van der Waals surface area contributed by atoms with E-state index in [1.54, 1.807) is 12.1 Å². The van der Waals surface area contributed by atoms with Crippen LogP contribution in [0.15, 0.2) is 65.7 Å². The average molecular weight is 455 g/mol. The lowest BCUT2D eigenvalue weighted by molar-refractivity contribution is 0.0639. The van der Waals surface area contributed by atoms with Crippen molar-refractivity contribution in [3.8, 4) is 5.75 Å². The summed E-state index contributed by atoms with van der Waals surface area (Å²) in [6.07, 6.45) is 1.39. The Kier molecular flexibility index (Phi) is 5.62. The minimum atomic E-state index is -4.23. The molecule has 4 rings (SSSR count). The zero-order valence-electron chi connectivity index (χ0n) is 16.9. The predicted octanol–water partition coefficient (Wildman–Crippen LogP) is 3.22. The number of nitrogens with one attached hydrogen (secondary N) is 1. The maximum atomic E-state index is 14.0. The molecule has 0 bridgehead atoms. The zero-order chi connectivity index (χ0) is 22.9. The molecular formula is C22H18FN3O5S. The molecule has 0 fully saturated rings. The molecule has 2 amide bonds. The van der Waals surface area contributed by atoms with Crippen molar-refractivity contribution >= 4 is 27.5 Å². The van der Waals surface area contributed by atoms with E-state index >= 15 is 0 Å². The van der Waals surface area contributed by atoms with Crippen molar-refractivity contribution < 1.29 is 27.1 Å². The minimum Gasteiger partial charge on any atom is -0.494 e. The number of rotatable bonds is 7. The van der Waals surface area contributed by atoms with Crippen molar-refractivity contribution in [3.05, 3.63) is 83.4 Å². The molecule has 0 atom stereocenters. The molecule has 1 aromatic heterocycles. The average Bonchev–Trinajstić information content (AvgIpc) is 3.01. The van der Waals surface area contributed by atoms with E-state index in [1.807, 2.05) is 6.92 Å². The SMILES string of the molecule is CCOc1ccc(NS(=O)(=O)c2cc(F)ccc2CN2C(=O)c3cccnc3C2=O)cc1. The summed E-state index contributed by atoms with van der Waals surface area (Å²) < 4.78 is 47.7. The third-order valence-corrected chi connectivity index (χ3v) is 6.26. The van der Waals surface area contributed by atoms with Crippen LogP contribution in [-0.2, 0) is 16.6 Å². The Balaban J connectivity index is 1.64. The number of carbonyl (C=O) groups is 2. The van der Waals surface area contributed by atoms with Crippen LogP contribution in [0.25, 0.3) is 0 Å². The molecule has 2 heterocycles. The lowest BCUT2D eigenvalue weighted by Gasteiger charge is -2.17. The smallest absolute Gasteiger partial charge is 0.280 e. The summed E-state index contributed by atoms with van der Waals surface area (Å²) in [6.45, 7) is 1.94. The van der Waals surface area contributed by atoms with Crippen LogP contribution >= 0.6 is 0 Å². The van der Waals surface area contributed by atoms with Gasteiger partial charge in [0.15, 0.2) is 0 Å². The van der Waals surface area contributed by atoms with E-state index in [0.29, 0.717) is 12.4 Å². The van der Waals surface area contributed by atoms with Gasteiger partial charge in [0, 0.05) is 11.9 Å². The fourth-order valence-corrected chi connectivity index (χ4v) is 4.63. The van der Waals surface area contributed by atoms with Crippen molar-refractivity contribution in [3.63, 3.8) is 0 Å². The summed E-state index contributed by atoms with van der Waals surface area (Å²) in [5.74, 6) is -1.44. The van der Waals surface area contributed by atoms with Crippen molar-refractivity contribution in [1.82, 2.24) is 9.88 Å². The van der Waals surface area contributed by atoms with Crippen molar-refractivity contribution in [2.24, 2.45) is 0 Å². The quantitative estimate of drug-likeness (QED) is 0.549. The van der Waals surface area contributed by atoms with Gasteiger partial charge in [-0.1, -0.05) is 6.07 Å². The fraction of sp³-hybridized carbons (Fsp3) is 0.136. The molecule has 1 aliphatic rings. The molecule has 0 aliphatic carbocycles. The van der Waals surface area contributed by atoms with E-state index in [-0.39, 0.29) is 33.9 Å². The molecule has 0 saturated carbocycles. The normalized spacial score (nSPS) is 13.2. The third kappa shape index (κ3) is 4.04. The summed E-state index contributed by atoms with van der Waals surface area (Å²) in [7, 11) is -4.23. The molecule has 1 N–H and O–H groups in total. The highest BCUT2D eigenvalue weighted by Gasteiger charge is 2.37. The predicted molar refractivity (Wildman–Crippen MR) is 113 cm³/mol. The molecule has 3 aromatic rings. The van der Waals surface area contributed by atoms with Crippen LogP contribution in [0, 0.1) is 5.82 Å². The maximum Gasteiger partial charge on any atom is 0.280 e. The molecule has 1 aliphatic heterocycles. The highest BCUT2D eigenvalue weighted by molar-refractivity contribution is 7.92. The zero-order valence-corrected chi connectivity index (χ0v) is 17.7. The van der Waals surface area contributed by atoms with E-state index < -0.39 is 27.7 Å². The molecule has 0 saturated heterocycles. The van der Waals surface area contributed by atoms with Crippen LogP contribution in [0.1, 0.15) is 33.3 Å². The summed E-state index contributed by atoms with van der Waals surface area (Å²) in [5, 5.41) is 0. The first-order valence-corrected chi connectivity index (χ1v) is 11.1. The number of nitrogens with zero attached hydrogens (tertiary/aromatic N) is 2. The van der Waals surface area contributed by atoms with Gasteiger partial charge in [-0.15, -0.1) is 0 Å². The Morgan fingerprint density at radius 1 is 1.06 bits per heavy atom. The Labute approximate surface area is 183 Å². The molecule has 164 valence electrons. The number of benzene rings is 2. The molecule has 10 heteroatoms. The number of imide groups is 1. The van der Waals surface area contributed by atoms with E-state index in [9.17, 15) is 22.4 Å². The molecule has 0 unspecified atom stereocenters. The topological polar surface area (TPSA) is 106 Å². The number of fused-ring (bicyclic) bond motifs is 1. The number of pyridine rings is 1. The molecule has 2 aromatic carbocycles. The van der Waals surface area contributed by atoms with E-state index in [4.69, 9.17) is 4.74 Å². The van der Waals surface area contributed by atoms with E-state index in [0.717, 1.165) is 17.0 Å². The number of anilines is 1. The third-order valence-electron chi connectivity index (χ3n) is 4.80. The fourth-order valence-electron chi connectivity index (χ4n) is 3.33. The number of amides is 2. The Hall–Kier alpha value is -3.79. The second-order valence-electron chi connectivity index (χ2n) is 6.91. The first-order valence-electron chi connectivity index (χ1n) is 9.65. The van der Waals surface area contributed by atoms with Gasteiger partial charge in [0.25, 0.3) is 21.8 Å². The lowest BCUT2D eigenvalue weighted by Crippen LogP contribution is -2.30. The Morgan fingerprint density at radius 2 is 1.81 bits per heavy atom. The Bertz CT molecular complexity index is 1270. The van der Waals surface area contributed by atoms with Gasteiger partial charge >= 0.3 is 0 Å². The molecule has 0 radical (unpaired) electrons. The minimum absolute atomic E-state index is 0.00321. The largest absolute Gasteiger partial charge is 0.494 e. The van der Waals surface area contributed by atoms with Crippen molar-refractivity contribution in [2.75, 3.05) is 11.3 Å². The van der Waals surface area contributed by atoms with Gasteiger partial charge in [-0.25, -0.2) is 12.8 Å². The van der Waals surface area contributed by atoms with Crippen LogP contribution in [0.2, 0.25) is 0 Å². The number of hydrogen-bond donors (Lipinski definition) is 1. The molecular weight excluding hydrogens is 437 g/mol. The summed E-state index contributed by atoms with van der Waals surface area (Å²) in [4.78, 5) is 29.7. The number of aromatic nitrogens is 1. The van der Waals surface area contributed by atoms with Gasteiger partial charge in [0.2, 0.25) is 0 Å². The second-order valence-corrected chi connectivity index (χ2v) is 8.56. The van der Waals surface area contributed by atoms with Crippen LogP contribution in [0.4, 0.5) is 10.1 Å². The molecule has 0 spiro atoms. The highest BCUT2D eigenvalue weighted by atomic mass is 32.2. The molecule has 32 heavy (non-hydrogen) atoms. The summed E-state index contributed by atoms with van der Waals surface area (Å²) in [5.41, 5.74) is 0.459. The van der Waals surface area contributed by atoms with Crippen LogP contribution in [0.3, 0.4) is 0 Å². The van der Waals surface area contributed by atoms with Crippen molar-refractivity contribution in [2.45, 2.75) is 18.4 Å². The number of hydrogen-bond acceptors (Lipinski definition) is 6. The van der Waals surface area contributed by atoms with Gasteiger partial charge in [-0.3, -0.25) is 24.2 Å². The van der Waals surface area contributed by atoms with Gasteiger partial charge in [-0.2, -0.15) is 0 Å². The lowest BCUT2D eigenvalue weighted by atomic mass is 10.2. The number of halogens is 1. The van der Waals surface area contributed by atoms with Gasteiger partial charge in [0.05, 0.1) is 23.6 Å². The van der Waals surface area contributed by atoms with Crippen molar-refractivity contribution in [1.29, 1.82) is 0 Å². The van der Waals surface area contributed by atoms with Crippen LogP contribution < -0.4 is 9.46 Å². The van der Waals surface area contributed by atoms with Crippen LogP contribution in [-0.4, -0.2) is 36.7 Å². The highest BCUT2D eigenvalue weighted by Crippen LogP contribution is 2.27. The monoisotopic (exact) mass is 455 g/mol. The van der Waals surface area contributed by atoms with Gasteiger partial charge in [0.1, 0.15) is 17.3 Å². The standard InChI is InChI=1S/C22H18FN3O5S/c1-2-31-17-9-7-16(8-10-17)25-32(29,30)19-12-15(23)6-5-14(19)13-26-21(27)18-4-3-11-24-20(18)22(26)28/h3-12,25H,2,13H2,1H3. The Morgan fingerprint density at radius 3 is 2.50 bits per heavy atom. The molecule has 8 nitrogen and oxygen atoms in total. The van der Waals surface area contributed by atoms with E-state index in [2.05, 4.69) is 9.71 Å². The number of carbonyl (C=O) groups excluding carboxylic acids is 2. The number of sulfonamides is 1. The van der Waals surface area contributed by atoms with Gasteiger partial charge < -0.3 is 4.74 Å². The summed E-state index contributed by atoms with van der Waals surface area (Å²) in [6, 6.07) is 12.4. The first kappa shape index (κ1) is 21.4. The maximum absolute atomic E-state index is 14.0. The van der Waals surface area contributed by atoms with Gasteiger partial charge in [-0.05, 0) is 61.0 Å². The number of ether oxygens (including phenoxy) is 1. The van der Waals surface area contributed by atoms with Crippen LogP contribution in [0.5, 0.6) is 5.75 Å². The second kappa shape index (κ2) is 8.39. The summed E-state index contributed by atoms with van der Waals surface area (Å²) >= 11 is 0.